The Morgan fingerprint density at radius 2 is 1.50 bits per heavy atom. The Morgan fingerprint density at radius 1 is 0.950 bits per heavy atom. The van der Waals surface area contributed by atoms with Crippen molar-refractivity contribution in [2.24, 2.45) is 5.92 Å². The molecule has 0 aromatic heterocycles. The maximum atomic E-state index is 10.9. The van der Waals surface area contributed by atoms with Crippen molar-refractivity contribution in [1.82, 2.24) is 5.32 Å². The molecule has 3 heteroatoms. The second-order valence-electron chi connectivity index (χ2n) is 6.32. The van der Waals surface area contributed by atoms with Crippen molar-refractivity contribution < 1.29 is 9.90 Å². The van der Waals surface area contributed by atoms with E-state index in [-0.39, 0.29) is 5.92 Å². The van der Waals surface area contributed by atoms with Gasteiger partial charge < -0.3 is 10.4 Å². The van der Waals surface area contributed by atoms with Crippen molar-refractivity contribution in [3.63, 3.8) is 0 Å². The predicted octanol–water partition coefficient (Wildman–Crippen LogP) is 4.36. The van der Waals surface area contributed by atoms with E-state index in [0.29, 0.717) is 6.04 Å². The van der Waals surface area contributed by atoms with Gasteiger partial charge in [-0.1, -0.05) is 51.9 Å². The van der Waals surface area contributed by atoms with E-state index in [1.165, 1.54) is 51.4 Å². The Bertz CT molecular complexity index is 247. The second-order valence-corrected chi connectivity index (χ2v) is 6.32. The fourth-order valence-corrected chi connectivity index (χ4v) is 3.11. The van der Waals surface area contributed by atoms with Gasteiger partial charge in [-0.2, -0.15) is 0 Å². The van der Waals surface area contributed by atoms with Crippen LogP contribution < -0.4 is 5.32 Å². The number of hydrogen-bond donors (Lipinski definition) is 2. The molecule has 1 rings (SSSR count). The zero-order valence-corrected chi connectivity index (χ0v) is 13.2. The van der Waals surface area contributed by atoms with Crippen LogP contribution in [0.5, 0.6) is 0 Å². The molecule has 118 valence electrons. The lowest BCUT2D eigenvalue weighted by molar-refractivity contribution is -0.142. The highest BCUT2D eigenvalue weighted by atomic mass is 16.4. The van der Waals surface area contributed by atoms with Crippen LogP contribution in [0.3, 0.4) is 0 Å². The Hall–Kier alpha value is -0.570. The average molecular weight is 283 g/mol. The molecule has 1 saturated carbocycles. The molecule has 0 unspecified atom stereocenters. The smallest absolute Gasteiger partial charge is 0.306 e. The molecule has 0 heterocycles. The highest BCUT2D eigenvalue weighted by Gasteiger charge is 2.25. The van der Waals surface area contributed by atoms with Crippen molar-refractivity contribution in [3.8, 4) is 0 Å². The minimum absolute atomic E-state index is 0.0869. The van der Waals surface area contributed by atoms with Gasteiger partial charge in [-0.3, -0.25) is 4.79 Å². The number of unbranched alkanes of at least 4 members (excludes halogenated alkanes) is 7. The monoisotopic (exact) mass is 283 g/mol. The lowest BCUT2D eigenvalue weighted by Gasteiger charge is -2.26. The van der Waals surface area contributed by atoms with Gasteiger partial charge in [0, 0.05) is 6.04 Å². The van der Waals surface area contributed by atoms with E-state index in [9.17, 15) is 4.79 Å². The summed E-state index contributed by atoms with van der Waals surface area (Å²) in [4.78, 5) is 10.9. The van der Waals surface area contributed by atoms with Gasteiger partial charge in [-0.25, -0.2) is 0 Å². The van der Waals surface area contributed by atoms with Crippen molar-refractivity contribution in [2.45, 2.75) is 90.0 Å². The number of rotatable bonds is 11. The molecule has 0 aromatic carbocycles. The van der Waals surface area contributed by atoms with Gasteiger partial charge in [0.2, 0.25) is 0 Å². The number of carbonyl (C=O) groups is 1. The summed E-state index contributed by atoms with van der Waals surface area (Å²) in [5.41, 5.74) is 0. The Labute approximate surface area is 124 Å². The SMILES string of the molecule is CCCCCCCCCCNC1CCC(C(=O)O)CC1. The molecule has 0 amide bonds. The fraction of sp³-hybridized carbons (Fsp3) is 0.941. The molecule has 0 aliphatic heterocycles. The number of hydrogen-bond acceptors (Lipinski definition) is 2. The van der Waals surface area contributed by atoms with Gasteiger partial charge in [0.1, 0.15) is 0 Å². The van der Waals surface area contributed by atoms with Crippen LogP contribution in [0.1, 0.15) is 84.0 Å². The van der Waals surface area contributed by atoms with Crippen LogP contribution in [0.15, 0.2) is 0 Å². The first kappa shape index (κ1) is 17.5. The van der Waals surface area contributed by atoms with Crippen LogP contribution in [-0.4, -0.2) is 23.7 Å². The van der Waals surface area contributed by atoms with Crippen LogP contribution in [0.2, 0.25) is 0 Å². The lowest BCUT2D eigenvalue weighted by atomic mass is 9.86. The first-order valence-corrected chi connectivity index (χ1v) is 8.70. The van der Waals surface area contributed by atoms with E-state index in [0.717, 1.165) is 32.2 Å². The normalized spacial score (nSPS) is 22.9. The quantitative estimate of drug-likeness (QED) is 0.554. The first-order chi connectivity index (χ1) is 9.74. The summed E-state index contributed by atoms with van der Waals surface area (Å²) >= 11 is 0. The zero-order chi connectivity index (χ0) is 14.6. The average Bonchev–Trinajstić information content (AvgIpc) is 2.46. The minimum Gasteiger partial charge on any atom is -0.481 e. The topological polar surface area (TPSA) is 49.3 Å². The summed E-state index contributed by atoms with van der Waals surface area (Å²) in [6, 6.07) is 0.565. The third-order valence-electron chi connectivity index (χ3n) is 4.54. The molecule has 2 N–H and O–H groups in total. The highest BCUT2D eigenvalue weighted by molar-refractivity contribution is 5.70. The van der Waals surface area contributed by atoms with Gasteiger partial charge in [0.25, 0.3) is 0 Å². The van der Waals surface area contributed by atoms with E-state index >= 15 is 0 Å². The van der Waals surface area contributed by atoms with Crippen LogP contribution in [-0.2, 0) is 4.79 Å². The number of aliphatic carboxylic acids is 1. The maximum Gasteiger partial charge on any atom is 0.306 e. The van der Waals surface area contributed by atoms with Crippen LogP contribution in [0.25, 0.3) is 0 Å². The summed E-state index contributed by atoms with van der Waals surface area (Å²) < 4.78 is 0. The number of carboxylic acid groups (broad SMARTS) is 1. The third kappa shape index (κ3) is 7.88. The van der Waals surface area contributed by atoms with Gasteiger partial charge in [0.15, 0.2) is 0 Å². The van der Waals surface area contributed by atoms with Crippen LogP contribution >= 0.6 is 0 Å². The zero-order valence-electron chi connectivity index (χ0n) is 13.2. The molecule has 0 saturated heterocycles. The van der Waals surface area contributed by atoms with Crippen molar-refractivity contribution in [2.75, 3.05) is 6.54 Å². The van der Waals surface area contributed by atoms with Crippen molar-refractivity contribution >= 4 is 5.97 Å². The van der Waals surface area contributed by atoms with E-state index in [1.807, 2.05) is 0 Å². The summed E-state index contributed by atoms with van der Waals surface area (Å²) in [7, 11) is 0. The Balaban J connectivity index is 1.86. The number of nitrogens with one attached hydrogen (secondary N) is 1. The molecule has 0 radical (unpaired) electrons. The van der Waals surface area contributed by atoms with Crippen LogP contribution in [0.4, 0.5) is 0 Å². The standard InChI is InChI=1S/C17H33NO2/c1-2-3-4-5-6-7-8-9-14-18-16-12-10-15(11-13-16)17(19)20/h15-16,18H,2-14H2,1H3,(H,19,20). The Morgan fingerprint density at radius 3 is 2.05 bits per heavy atom. The van der Waals surface area contributed by atoms with Crippen molar-refractivity contribution in [3.05, 3.63) is 0 Å². The minimum atomic E-state index is -0.605. The molecular weight excluding hydrogens is 250 g/mol. The summed E-state index contributed by atoms with van der Waals surface area (Å²) in [6.45, 7) is 3.37. The van der Waals surface area contributed by atoms with Gasteiger partial charge >= 0.3 is 5.97 Å². The summed E-state index contributed by atoms with van der Waals surface area (Å²) in [5, 5.41) is 12.6. The van der Waals surface area contributed by atoms with E-state index < -0.39 is 5.97 Å². The van der Waals surface area contributed by atoms with E-state index in [4.69, 9.17) is 5.11 Å². The molecule has 0 atom stereocenters. The van der Waals surface area contributed by atoms with Gasteiger partial charge in [-0.15, -0.1) is 0 Å². The molecule has 0 spiro atoms. The molecule has 3 nitrogen and oxygen atoms in total. The Kier molecular flexibility index (Phi) is 9.73. The first-order valence-electron chi connectivity index (χ1n) is 8.70. The fourth-order valence-electron chi connectivity index (χ4n) is 3.11. The van der Waals surface area contributed by atoms with Crippen LogP contribution in [0, 0.1) is 5.92 Å². The van der Waals surface area contributed by atoms with Gasteiger partial charge in [-0.05, 0) is 38.6 Å². The number of carboxylic acids is 1. The lowest BCUT2D eigenvalue weighted by Crippen LogP contribution is -2.35. The van der Waals surface area contributed by atoms with Gasteiger partial charge in [0.05, 0.1) is 5.92 Å². The molecule has 1 aliphatic rings. The molecule has 1 fully saturated rings. The van der Waals surface area contributed by atoms with E-state index in [2.05, 4.69) is 12.2 Å². The molecule has 1 aliphatic carbocycles. The molecular formula is C17H33NO2. The molecule has 20 heavy (non-hydrogen) atoms. The second kappa shape index (κ2) is 11.1. The molecule has 0 bridgehead atoms. The van der Waals surface area contributed by atoms with E-state index in [1.54, 1.807) is 0 Å². The summed E-state index contributed by atoms with van der Waals surface area (Å²) in [6.07, 6.45) is 14.7. The summed E-state index contributed by atoms with van der Waals surface area (Å²) in [5.74, 6) is -0.692. The predicted molar refractivity (Wildman–Crippen MR) is 84.0 cm³/mol. The third-order valence-corrected chi connectivity index (χ3v) is 4.54. The highest BCUT2D eigenvalue weighted by Crippen LogP contribution is 2.24. The maximum absolute atomic E-state index is 10.9. The molecule has 0 aromatic rings. The van der Waals surface area contributed by atoms with Crippen molar-refractivity contribution in [1.29, 1.82) is 0 Å². The largest absolute Gasteiger partial charge is 0.481 e.